The first-order chi connectivity index (χ1) is 7.17. The van der Waals surface area contributed by atoms with Crippen LogP contribution in [0.2, 0.25) is 0 Å². The van der Waals surface area contributed by atoms with Gasteiger partial charge in [0, 0.05) is 7.11 Å². The monoisotopic (exact) mass is 208 g/mol. The van der Waals surface area contributed by atoms with Gasteiger partial charge in [0.15, 0.2) is 0 Å². The van der Waals surface area contributed by atoms with E-state index in [0.29, 0.717) is 0 Å². The van der Waals surface area contributed by atoms with Crippen LogP contribution in [0.1, 0.15) is 30.6 Å². The van der Waals surface area contributed by atoms with Crippen molar-refractivity contribution in [3.63, 3.8) is 0 Å². The van der Waals surface area contributed by atoms with Crippen molar-refractivity contribution in [2.45, 2.75) is 25.9 Å². The lowest BCUT2D eigenvalue weighted by atomic mass is 10.0. The summed E-state index contributed by atoms with van der Waals surface area (Å²) in [5, 5.41) is 8.61. The number of carboxylic acid groups (broad SMARTS) is 1. The van der Waals surface area contributed by atoms with Gasteiger partial charge in [-0.05, 0) is 17.5 Å². The maximum Gasteiger partial charge on any atom is 0.307 e. The van der Waals surface area contributed by atoms with Crippen molar-refractivity contribution in [2.24, 2.45) is 0 Å². The Morgan fingerprint density at radius 1 is 1.40 bits per heavy atom. The number of aliphatic carboxylic acids is 1. The molecule has 1 rings (SSSR count). The first-order valence-corrected chi connectivity index (χ1v) is 5.00. The molecule has 0 aliphatic rings. The molecular weight excluding hydrogens is 192 g/mol. The molecule has 0 spiro atoms. The Labute approximate surface area is 89.7 Å². The molecule has 1 aromatic carbocycles. The summed E-state index contributed by atoms with van der Waals surface area (Å²) >= 11 is 0. The summed E-state index contributed by atoms with van der Waals surface area (Å²) in [6.07, 6.45) is 1.09. The van der Waals surface area contributed by atoms with Gasteiger partial charge in [0.1, 0.15) is 0 Å². The predicted octanol–water partition coefficient (Wildman–Crippen LogP) is 2.41. The fraction of sp³-hybridized carbons (Fsp3) is 0.417. The molecule has 82 valence electrons. The van der Waals surface area contributed by atoms with E-state index in [2.05, 4.69) is 6.92 Å². The molecule has 0 aromatic heterocycles. The van der Waals surface area contributed by atoms with Gasteiger partial charge in [-0.1, -0.05) is 31.2 Å². The van der Waals surface area contributed by atoms with E-state index in [-0.39, 0.29) is 12.5 Å². The zero-order valence-corrected chi connectivity index (χ0v) is 9.06. The fourth-order valence-corrected chi connectivity index (χ4v) is 1.56. The van der Waals surface area contributed by atoms with Gasteiger partial charge in [0.2, 0.25) is 0 Å². The van der Waals surface area contributed by atoms with Gasteiger partial charge in [-0.3, -0.25) is 4.79 Å². The molecule has 3 nitrogen and oxygen atoms in total. The highest BCUT2D eigenvalue weighted by molar-refractivity contribution is 5.70. The van der Waals surface area contributed by atoms with Gasteiger partial charge in [-0.25, -0.2) is 0 Å². The molecule has 3 heteroatoms. The average molecular weight is 208 g/mol. The Bertz CT molecular complexity index is 312. The number of rotatable bonds is 5. The van der Waals surface area contributed by atoms with Crippen molar-refractivity contribution < 1.29 is 14.6 Å². The molecule has 0 aliphatic carbocycles. The highest BCUT2D eigenvalue weighted by atomic mass is 16.5. The number of carbonyl (C=O) groups is 1. The van der Waals surface area contributed by atoms with E-state index in [1.807, 2.05) is 24.3 Å². The minimum absolute atomic E-state index is 0.0735. The van der Waals surface area contributed by atoms with Gasteiger partial charge in [-0.2, -0.15) is 0 Å². The standard InChI is InChI=1S/C12H16O3/c1-3-11(15-2)10-6-4-9(5-7-10)8-12(13)14/h4-7,11H,3,8H2,1-2H3,(H,13,14)/t11-/m0/s1. The van der Waals surface area contributed by atoms with Crippen LogP contribution in [0.25, 0.3) is 0 Å². The molecule has 0 saturated carbocycles. The lowest BCUT2D eigenvalue weighted by Gasteiger charge is -2.13. The minimum atomic E-state index is -0.804. The Kier molecular flexibility index (Phi) is 4.31. The molecule has 1 aromatic rings. The summed E-state index contributed by atoms with van der Waals surface area (Å²) in [6, 6.07) is 7.53. The first kappa shape index (κ1) is 11.7. The molecule has 15 heavy (non-hydrogen) atoms. The van der Waals surface area contributed by atoms with Gasteiger partial charge in [0.25, 0.3) is 0 Å². The molecule has 0 heterocycles. The molecular formula is C12H16O3. The highest BCUT2D eigenvalue weighted by Crippen LogP contribution is 2.20. The third-order valence-corrected chi connectivity index (χ3v) is 2.36. The van der Waals surface area contributed by atoms with Crippen LogP contribution in [0.4, 0.5) is 0 Å². The van der Waals surface area contributed by atoms with Gasteiger partial charge in [-0.15, -0.1) is 0 Å². The van der Waals surface area contributed by atoms with Crippen LogP contribution in [0.15, 0.2) is 24.3 Å². The second-order valence-corrected chi connectivity index (χ2v) is 3.44. The average Bonchev–Trinajstić information content (AvgIpc) is 2.21. The molecule has 0 fully saturated rings. The number of hydrogen-bond donors (Lipinski definition) is 1. The summed E-state index contributed by atoms with van der Waals surface area (Å²) in [5.41, 5.74) is 1.91. The van der Waals surface area contributed by atoms with E-state index in [1.165, 1.54) is 0 Å². The molecule has 0 amide bonds. The normalized spacial score (nSPS) is 12.4. The Balaban J connectivity index is 2.75. The maximum atomic E-state index is 10.5. The van der Waals surface area contributed by atoms with E-state index in [0.717, 1.165) is 17.5 Å². The second kappa shape index (κ2) is 5.51. The van der Waals surface area contributed by atoms with Gasteiger partial charge in [0.05, 0.1) is 12.5 Å². The van der Waals surface area contributed by atoms with Crippen molar-refractivity contribution in [3.8, 4) is 0 Å². The zero-order valence-electron chi connectivity index (χ0n) is 9.06. The van der Waals surface area contributed by atoms with Crippen molar-refractivity contribution in [2.75, 3.05) is 7.11 Å². The molecule has 1 atom stereocenters. The Hall–Kier alpha value is -1.35. The minimum Gasteiger partial charge on any atom is -0.481 e. The Morgan fingerprint density at radius 3 is 2.40 bits per heavy atom. The van der Waals surface area contributed by atoms with Gasteiger partial charge < -0.3 is 9.84 Å². The van der Waals surface area contributed by atoms with Crippen molar-refractivity contribution in [1.29, 1.82) is 0 Å². The summed E-state index contributed by atoms with van der Waals surface area (Å²) in [4.78, 5) is 10.5. The number of methoxy groups -OCH3 is 1. The number of carboxylic acids is 1. The van der Waals surface area contributed by atoms with E-state index in [9.17, 15) is 4.79 Å². The van der Waals surface area contributed by atoms with E-state index in [1.54, 1.807) is 7.11 Å². The van der Waals surface area contributed by atoms with E-state index < -0.39 is 5.97 Å². The molecule has 0 radical (unpaired) electrons. The lowest BCUT2D eigenvalue weighted by molar-refractivity contribution is -0.136. The largest absolute Gasteiger partial charge is 0.481 e. The second-order valence-electron chi connectivity index (χ2n) is 3.44. The third-order valence-electron chi connectivity index (χ3n) is 2.36. The Morgan fingerprint density at radius 2 is 2.00 bits per heavy atom. The topological polar surface area (TPSA) is 46.5 Å². The van der Waals surface area contributed by atoms with Crippen LogP contribution in [0, 0.1) is 0 Å². The van der Waals surface area contributed by atoms with Crippen LogP contribution in [-0.4, -0.2) is 18.2 Å². The highest BCUT2D eigenvalue weighted by Gasteiger charge is 2.07. The first-order valence-electron chi connectivity index (χ1n) is 5.00. The van der Waals surface area contributed by atoms with Crippen molar-refractivity contribution >= 4 is 5.97 Å². The van der Waals surface area contributed by atoms with Crippen LogP contribution in [-0.2, 0) is 16.0 Å². The van der Waals surface area contributed by atoms with E-state index in [4.69, 9.17) is 9.84 Å². The van der Waals surface area contributed by atoms with Crippen LogP contribution in [0.5, 0.6) is 0 Å². The smallest absolute Gasteiger partial charge is 0.307 e. The lowest BCUT2D eigenvalue weighted by Crippen LogP contribution is -2.02. The molecule has 0 saturated heterocycles. The molecule has 1 N–H and O–H groups in total. The summed E-state index contributed by atoms with van der Waals surface area (Å²) in [6.45, 7) is 2.05. The molecule has 0 aliphatic heterocycles. The van der Waals surface area contributed by atoms with Gasteiger partial charge >= 0.3 is 5.97 Å². The predicted molar refractivity (Wildman–Crippen MR) is 57.8 cm³/mol. The van der Waals surface area contributed by atoms with Crippen molar-refractivity contribution in [1.82, 2.24) is 0 Å². The van der Waals surface area contributed by atoms with E-state index >= 15 is 0 Å². The van der Waals surface area contributed by atoms with Crippen LogP contribution < -0.4 is 0 Å². The fourth-order valence-electron chi connectivity index (χ4n) is 1.56. The van der Waals surface area contributed by atoms with Crippen LogP contribution in [0.3, 0.4) is 0 Å². The van der Waals surface area contributed by atoms with Crippen molar-refractivity contribution in [3.05, 3.63) is 35.4 Å². The number of hydrogen-bond acceptors (Lipinski definition) is 2. The maximum absolute atomic E-state index is 10.5. The number of benzene rings is 1. The summed E-state index contributed by atoms with van der Waals surface area (Å²) in [5.74, 6) is -0.804. The third kappa shape index (κ3) is 3.36. The van der Waals surface area contributed by atoms with Crippen LogP contribution >= 0.6 is 0 Å². The zero-order chi connectivity index (χ0) is 11.3. The quantitative estimate of drug-likeness (QED) is 0.808. The summed E-state index contributed by atoms with van der Waals surface area (Å²) in [7, 11) is 1.68. The molecule has 0 unspecified atom stereocenters. The molecule has 0 bridgehead atoms. The number of ether oxygens (including phenoxy) is 1. The SMILES string of the molecule is CC[C@H](OC)c1ccc(CC(=O)O)cc1. The summed E-state index contributed by atoms with van der Waals surface area (Å²) < 4.78 is 5.29.